The summed E-state index contributed by atoms with van der Waals surface area (Å²) in [7, 11) is 0. The van der Waals surface area contributed by atoms with E-state index in [-0.39, 0.29) is 17.6 Å². The van der Waals surface area contributed by atoms with Gasteiger partial charge in [-0.1, -0.05) is 0 Å². The Hall–Kier alpha value is -0.650. The number of ether oxygens (including phenoxy) is 2. The summed E-state index contributed by atoms with van der Waals surface area (Å²) in [4.78, 5) is 14.0. The van der Waals surface area contributed by atoms with E-state index in [1.54, 1.807) is 0 Å². The van der Waals surface area contributed by atoms with Crippen LogP contribution in [0.25, 0.3) is 0 Å². The fraction of sp³-hybridized carbons (Fsp3) is 0.917. The fourth-order valence-electron chi connectivity index (χ4n) is 2.30. The molecule has 1 amide bonds. The molecule has 5 heteroatoms. The summed E-state index contributed by atoms with van der Waals surface area (Å²) in [5.41, 5.74) is -0.223. The first-order chi connectivity index (χ1) is 8.07. The molecule has 0 radical (unpaired) electrons. The van der Waals surface area contributed by atoms with E-state index < -0.39 is 0 Å². The van der Waals surface area contributed by atoms with E-state index in [4.69, 9.17) is 9.47 Å². The molecular formula is C12H22N2O3. The molecule has 0 aromatic rings. The molecular weight excluding hydrogens is 220 g/mol. The van der Waals surface area contributed by atoms with Gasteiger partial charge in [0.25, 0.3) is 0 Å². The summed E-state index contributed by atoms with van der Waals surface area (Å²) in [5.74, 6) is 0.176. The zero-order valence-electron chi connectivity index (χ0n) is 10.7. The van der Waals surface area contributed by atoms with Crippen LogP contribution in [0.15, 0.2) is 0 Å². The molecule has 98 valence electrons. The van der Waals surface area contributed by atoms with Crippen molar-refractivity contribution in [1.82, 2.24) is 10.2 Å². The number of hydrogen-bond acceptors (Lipinski definition) is 4. The second-order valence-corrected chi connectivity index (χ2v) is 5.32. The highest BCUT2D eigenvalue weighted by Crippen LogP contribution is 2.17. The number of rotatable bonds is 2. The van der Waals surface area contributed by atoms with Crippen molar-refractivity contribution < 1.29 is 14.3 Å². The van der Waals surface area contributed by atoms with Gasteiger partial charge in [0.1, 0.15) is 0 Å². The fourth-order valence-corrected chi connectivity index (χ4v) is 2.30. The van der Waals surface area contributed by atoms with Crippen molar-refractivity contribution in [2.45, 2.75) is 32.0 Å². The lowest BCUT2D eigenvalue weighted by Gasteiger charge is -2.38. The first-order valence-corrected chi connectivity index (χ1v) is 6.31. The van der Waals surface area contributed by atoms with Crippen LogP contribution >= 0.6 is 0 Å². The minimum atomic E-state index is -0.223. The van der Waals surface area contributed by atoms with Gasteiger partial charge in [0.15, 0.2) is 0 Å². The van der Waals surface area contributed by atoms with Gasteiger partial charge in [-0.3, -0.25) is 4.79 Å². The van der Waals surface area contributed by atoms with E-state index >= 15 is 0 Å². The Labute approximate surface area is 102 Å². The Morgan fingerprint density at radius 3 is 2.94 bits per heavy atom. The second-order valence-electron chi connectivity index (χ2n) is 5.32. The summed E-state index contributed by atoms with van der Waals surface area (Å²) in [6.45, 7) is 8.40. The zero-order chi connectivity index (χ0) is 12.3. The molecule has 2 heterocycles. The van der Waals surface area contributed by atoms with Crippen LogP contribution in [0.4, 0.5) is 0 Å². The first kappa shape index (κ1) is 12.8. The van der Waals surface area contributed by atoms with Crippen LogP contribution in [0.2, 0.25) is 0 Å². The number of amides is 1. The normalized spacial score (nSPS) is 29.1. The van der Waals surface area contributed by atoms with Crippen LogP contribution in [-0.4, -0.2) is 61.9 Å². The molecule has 0 saturated carbocycles. The third kappa shape index (κ3) is 3.66. The van der Waals surface area contributed by atoms with Gasteiger partial charge < -0.3 is 19.7 Å². The summed E-state index contributed by atoms with van der Waals surface area (Å²) >= 11 is 0. The average molecular weight is 242 g/mol. The van der Waals surface area contributed by atoms with Crippen molar-refractivity contribution >= 4 is 5.91 Å². The van der Waals surface area contributed by atoms with Gasteiger partial charge in [-0.15, -0.1) is 0 Å². The van der Waals surface area contributed by atoms with Crippen molar-refractivity contribution in [2.24, 2.45) is 0 Å². The molecule has 0 aliphatic carbocycles. The molecule has 2 aliphatic rings. The Morgan fingerprint density at radius 1 is 1.47 bits per heavy atom. The molecule has 1 unspecified atom stereocenters. The van der Waals surface area contributed by atoms with E-state index in [0.29, 0.717) is 32.7 Å². The van der Waals surface area contributed by atoms with Gasteiger partial charge in [-0.05, 0) is 13.8 Å². The van der Waals surface area contributed by atoms with Crippen LogP contribution in [0, 0.1) is 0 Å². The number of nitrogens with one attached hydrogen (secondary N) is 1. The van der Waals surface area contributed by atoms with Gasteiger partial charge in [0.2, 0.25) is 5.91 Å². The van der Waals surface area contributed by atoms with Crippen molar-refractivity contribution in [2.75, 3.05) is 39.4 Å². The molecule has 2 saturated heterocycles. The van der Waals surface area contributed by atoms with Crippen LogP contribution < -0.4 is 5.32 Å². The van der Waals surface area contributed by atoms with Gasteiger partial charge in [-0.2, -0.15) is 0 Å². The van der Waals surface area contributed by atoms with Crippen LogP contribution in [0.1, 0.15) is 20.3 Å². The topological polar surface area (TPSA) is 50.8 Å². The Morgan fingerprint density at radius 2 is 2.29 bits per heavy atom. The van der Waals surface area contributed by atoms with E-state index in [2.05, 4.69) is 5.32 Å². The predicted molar refractivity (Wildman–Crippen MR) is 63.8 cm³/mol. The monoisotopic (exact) mass is 242 g/mol. The van der Waals surface area contributed by atoms with Crippen molar-refractivity contribution in [3.63, 3.8) is 0 Å². The number of carbonyl (C=O) groups is 1. The number of nitrogens with zero attached hydrogens (tertiary/aromatic N) is 1. The smallest absolute Gasteiger partial charge is 0.225 e. The van der Waals surface area contributed by atoms with Crippen molar-refractivity contribution in [3.05, 3.63) is 0 Å². The lowest BCUT2D eigenvalue weighted by molar-refractivity contribution is -0.149. The summed E-state index contributed by atoms with van der Waals surface area (Å²) in [5, 5.41) is 3.24. The van der Waals surface area contributed by atoms with E-state index in [1.807, 2.05) is 18.7 Å². The number of hydrogen-bond donors (Lipinski definition) is 1. The minimum absolute atomic E-state index is 0.0298. The summed E-state index contributed by atoms with van der Waals surface area (Å²) in [6, 6.07) is 0. The molecule has 17 heavy (non-hydrogen) atoms. The Bertz CT molecular complexity index is 275. The molecule has 0 spiro atoms. The second kappa shape index (κ2) is 5.33. The molecule has 1 atom stereocenters. The summed E-state index contributed by atoms with van der Waals surface area (Å²) in [6.07, 6.45) is 0.505. The highest BCUT2D eigenvalue weighted by Gasteiger charge is 2.31. The predicted octanol–water partition coefficient (Wildman–Crippen LogP) is 0.00230. The lowest BCUT2D eigenvalue weighted by Crippen LogP contribution is -2.52. The van der Waals surface area contributed by atoms with Gasteiger partial charge >= 0.3 is 0 Å². The molecule has 2 fully saturated rings. The molecule has 2 rings (SSSR count). The highest BCUT2D eigenvalue weighted by molar-refractivity contribution is 5.77. The maximum atomic E-state index is 12.1. The maximum Gasteiger partial charge on any atom is 0.225 e. The van der Waals surface area contributed by atoms with Gasteiger partial charge in [0, 0.05) is 26.2 Å². The summed E-state index contributed by atoms with van der Waals surface area (Å²) < 4.78 is 11.1. The molecule has 5 nitrogen and oxygen atoms in total. The third-order valence-corrected chi connectivity index (χ3v) is 3.19. The largest absolute Gasteiger partial charge is 0.375 e. The standard InChI is InChI=1S/C12H22N2O3/c1-12(2)9-14(4-6-17-12)11(15)7-10-8-13-3-5-16-10/h10,13H,3-9H2,1-2H3. The zero-order valence-corrected chi connectivity index (χ0v) is 10.7. The van der Waals surface area contributed by atoms with E-state index in [9.17, 15) is 4.79 Å². The van der Waals surface area contributed by atoms with Crippen LogP contribution in [-0.2, 0) is 14.3 Å². The van der Waals surface area contributed by atoms with Crippen molar-refractivity contribution in [3.8, 4) is 0 Å². The van der Waals surface area contributed by atoms with E-state index in [0.717, 1.165) is 13.1 Å². The number of carbonyl (C=O) groups excluding carboxylic acids is 1. The van der Waals surface area contributed by atoms with E-state index in [1.165, 1.54) is 0 Å². The van der Waals surface area contributed by atoms with Crippen LogP contribution in [0.3, 0.4) is 0 Å². The molecule has 0 bridgehead atoms. The lowest BCUT2D eigenvalue weighted by atomic mass is 10.1. The highest BCUT2D eigenvalue weighted by atomic mass is 16.5. The van der Waals surface area contributed by atoms with Crippen LogP contribution in [0.5, 0.6) is 0 Å². The maximum absolute atomic E-state index is 12.1. The Kier molecular flexibility index (Phi) is 4.01. The molecule has 0 aromatic heterocycles. The quantitative estimate of drug-likeness (QED) is 0.740. The average Bonchev–Trinajstić information content (AvgIpc) is 2.29. The molecule has 1 N–H and O–H groups in total. The number of morpholine rings is 2. The van der Waals surface area contributed by atoms with Crippen molar-refractivity contribution in [1.29, 1.82) is 0 Å². The minimum Gasteiger partial charge on any atom is -0.375 e. The Balaban J connectivity index is 1.82. The third-order valence-electron chi connectivity index (χ3n) is 3.19. The SMILES string of the molecule is CC1(C)CN(C(=O)CC2CNCCO2)CCO1. The van der Waals surface area contributed by atoms with Gasteiger partial charge in [-0.25, -0.2) is 0 Å². The molecule has 2 aliphatic heterocycles. The first-order valence-electron chi connectivity index (χ1n) is 6.31. The molecule has 0 aromatic carbocycles. The van der Waals surface area contributed by atoms with Gasteiger partial charge in [0.05, 0.1) is 31.3 Å².